The smallest absolute Gasteiger partial charge is 0.395 e. The van der Waals surface area contributed by atoms with Gasteiger partial charge in [0.05, 0.1) is 11.8 Å². The molecule has 0 aliphatic rings. The Morgan fingerprint density at radius 1 is 1.25 bits per heavy atom. The van der Waals surface area contributed by atoms with Gasteiger partial charge in [0.15, 0.2) is 10.9 Å². The maximum atomic E-state index is 12.0. The van der Waals surface area contributed by atoms with Crippen LogP contribution >= 0.6 is 11.3 Å². The molecule has 0 aliphatic heterocycles. The summed E-state index contributed by atoms with van der Waals surface area (Å²) in [6, 6.07) is 8.41. The Kier molecular flexibility index (Phi) is 4.13. The minimum absolute atomic E-state index is 0.135. The second-order valence-electron chi connectivity index (χ2n) is 5.19. The number of nitrogens with zero attached hydrogens (tertiary/aromatic N) is 2. The van der Waals surface area contributed by atoms with Crippen LogP contribution in [0.2, 0.25) is 0 Å². The number of carbonyl (C=O) groups is 1. The van der Waals surface area contributed by atoms with Gasteiger partial charge in [-0.05, 0) is 37.1 Å². The first-order valence-corrected chi connectivity index (χ1v) is 7.91. The lowest BCUT2D eigenvalue weighted by Gasteiger charge is -2.02. The number of rotatable bonds is 4. The van der Waals surface area contributed by atoms with Crippen molar-refractivity contribution in [2.45, 2.75) is 13.8 Å². The van der Waals surface area contributed by atoms with E-state index in [1.807, 2.05) is 37.4 Å². The Bertz CT molecular complexity index is 929. The third kappa shape index (κ3) is 3.18. The highest BCUT2D eigenvalue weighted by Gasteiger charge is 2.18. The van der Waals surface area contributed by atoms with Crippen LogP contribution in [-0.2, 0) is 0 Å². The summed E-state index contributed by atoms with van der Waals surface area (Å²) in [5.74, 6) is -1.19. The van der Waals surface area contributed by atoms with Gasteiger partial charge in [0.1, 0.15) is 4.92 Å². The van der Waals surface area contributed by atoms with Gasteiger partial charge in [0.25, 0.3) is 5.91 Å². The molecule has 1 aromatic carbocycles. The molecule has 0 spiro atoms. The molecular formula is C16H13N3O4S. The molecule has 8 heteroatoms. The van der Waals surface area contributed by atoms with Gasteiger partial charge in [0, 0.05) is 10.9 Å². The number of amides is 1. The van der Waals surface area contributed by atoms with E-state index in [1.54, 1.807) is 0 Å². The van der Waals surface area contributed by atoms with Crippen molar-refractivity contribution in [3.05, 3.63) is 62.7 Å². The van der Waals surface area contributed by atoms with E-state index in [-0.39, 0.29) is 5.76 Å². The zero-order chi connectivity index (χ0) is 17.3. The fraction of sp³-hybridized carbons (Fsp3) is 0.125. The van der Waals surface area contributed by atoms with Crippen LogP contribution in [0.15, 0.2) is 40.1 Å². The third-order valence-electron chi connectivity index (χ3n) is 3.52. The molecule has 122 valence electrons. The fourth-order valence-electron chi connectivity index (χ4n) is 2.07. The number of aromatic nitrogens is 1. The predicted molar refractivity (Wildman–Crippen MR) is 90.3 cm³/mol. The Balaban J connectivity index is 1.76. The van der Waals surface area contributed by atoms with Crippen LogP contribution in [0, 0.1) is 24.0 Å². The monoisotopic (exact) mass is 343 g/mol. The summed E-state index contributed by atoms with van der Waals surface area (Å²) < 4.78 is 4.87. The van der Waals surface area contributed by atoms with Crippen molar-refractivity contribution < 1.29 is 14.1 Å². The largest absolute Gasteiger partial charge is 0.433 e. The average molecular weight is 343 g/mol. The van der Waals surface area contributed by atoms with Crippen LogP contribution in [0.4, 0.5) is 11.0 Å². The van der Waals surface area contributed by atoms with E-state index in [0.29, 0.717) is 5.13 Å². The standard InChI is InChI=1S/C16H13N3O4S/c1-9-3-4-11(7-10(9)2)12-8-24-16(17-12)18-15(20)13-5-6-14(23-13)19(21)22/h3-8H,1-2H3,(H,17,18,20). The van der Waals surface area contributed by atoms with Crippen molar-refractivity contribution in [3.63, 3.8) is 0 Å². The lowest BCUT2D eigenvalue weighted by atomic mass is 10.1. The highest BCUT2D eigenvalue weighted by atomic mass is 32.1. The maximum absolute atomic E-state index is 12.0. The molecule has 3 rings (SSSR count). The van der Waals surface area contributed by atoms with Crippen LogP contribution in [0.3, 0.4) is 0 Å². The molecule has 24 heavy (non-hydrogen) atoms. The summed E-state index contributed by atoms with van der Waals surface area (Å²) in [5, 5.41) is 15.4. The number of nitrogens with one attached hydrogen (secondary N) is 1. The van der Waals surface area contributed by atoms with Crippen molar-refractivity contribution in [1.82, 2.24) is 4.98 Å². The minimum Gasteiger partial charge on any atom is -0.395 e. The van der Waals surface area contributed by atoms with Gasteiger partial charge in [-0.2, -0.15) is 0 Å². The van der Waals surface area contributed by atoms with Gasteiger partial charge in [-0.3, -0.25) is 20.2 Å². The molecular weight excluding hydrogens is 330 g/mol. The van der Waals surface area contributed by atoms with Crippen LogP contribution in [0.5, 0.6) is 0 Å². The van der Waals surface area contributed by atoms with Crippen molar-refractivity contribution >= 4 is 28.3 Å². The summed E-state index contributed by atoms with van der Waals surface area (Å²) in [6.07, 6.45) is 0. The summed E-state index contributed by atoms with van der Waals surface area (Å²) in [5.41, 5.74) is 4.07. The Labute approximate surface area is 141 Å². The number of carbonyl (C=O) groups excluding carboxylic acids is 1. The molecule has 0 atom stereocenters. The Morgan fingerprint density at radius 2 is 2.04 bits per heavy atom. The Morgan fingerprint density at radius 3 is 2.71 bits per heavy atom. The highest BCUT2D eigenvalue weighted by Crippen LogP contribution is 2.27. The lowest BCUT2D eigenvalue weighted by Crippen LogP contribution is -2.10. The summed E-state index contributed by atoms with van der Waals surface area (Å²) in [6.45, 7) is 4.06. The molecule has 0 unspecified atom stereocenters. The van der Waals surface area contributed by atoms with Crippen LogP contribution in [-0.4, -0.2) is 15.8 Å². The average Bonchev–Trinajstić information content (AvgIpc) is 3.19. The van der Waals surface area contributed by atoms with Crippen molar-refractivity contribution in [2.75, 3.05) is 5.32 Å². The van der Waals surface area contributed by atoms with Gasteiger partial charge >= 0.3 is 5.88 Å². The zero-order valence-corrected chi connectivity index (χ0v) is 13.7. The maximum Gasteiger partial charge on any atom is 0.433 e. The first-order valence-electron chi connectivity index (χ1n) is 7.03. The number of benzene rings is 1. The number of aryl methyl sites for hydroxylation is 2. The zero-order valence-electron chi connectivity index (χ0n) is 12.9. The Hall–Kier alpha value is -3.00. The molecule has 0 fully saturated rings. The topological polar surface area (TPSA) is 98.3 Å². The van der Waals surface area contributed by atoms with E-state index in [9.17, 15) is 14.9 Å². The van der Waals surface area contributed by atoms with E-state index >= 15 is 0 Å². The molecule has 0 bridgehead atoms. The molecule has 1 N–H and O–H groups in total. The lowest BCUT2D eigenvalue weighted by molar-refractivity contribution is -0.402. The van der Waals surface area contributed by atoms with E-state index in [2.05, 4.69) is 10.3 Å². The summed E-state index contributed by atoms with van der Waals surface area (Å²) in [7, 11) is 0. The number of nitro groups is 1. The predicted octanol–water partition coefficient (Wildman–Crippen LogP) is 4.18. The fourth-order valence-corrected chi connectivity index (χ4v) is 2.79. The first kappa shape index (κ1) is 15.9. The number of furan rings is 1. The number of hydrogen-bond acceptors (Lipinski definition) is 6. The molecule has 0 saturated carbocycles. The molecule has 1 amide bonds. The molecule has 7 nitrogen and oxygen atoms in total. The van der Waals surface area contributed by atoms with Crippen molar-refractivity contribution in [2.24, 2.45) is 0 Å². The summed E-state index contributed by atoms with van der Waals surface area (Å²) >= 11 is 1.27. The van der Waals surface area contributed by atoms with Gasteiger partial charge in [0.2, 0.25) is 0 Å². The molecule has 0 radical (unpaired) electrons. The van der Waals surface area contributed by atoms with Crippen LogP contribution in [0.25, 0.3) is 11.3 Å². The first-order chi connectivity index (χ1) is 11.4. The normalized spacial score (nSPS) is 10.6. The van der Waals surface area contributed by atoms with Gasteiger partial charge in [-0.15, -0.1) is 11.3 Å². The number of hydrogen-bond donors (Lipinski definition) is 1. The molecule has 0 aliphatic carbocycles. The number of anilines is 1. The summed E-state index contributed by atoms with van der Waals surface area (Å²) in [4.78, 5) is 26.3. The molecule has 0 saturated heterocycles. The van der Waals surface area contributed by atoms with E-state index in [4.69, 9.17) is 4.42 Å². The van der Waals surface area contributed by atoms with E-state index < -0.39 is 16.7 Å². The van der Waals surface area contributed by atoms with Gasteiger partial charge < -0.3 is 4.42 Å². The van der Waals surface area contributed by atoms with Gasteiger partial charge in [-0.25, -0.2) is 4.98 Å². The van der Waals surface area contributed by atoms with Crippen LogP contribution in [0.1, 0.15) is 21.7 Å². The van der Waals surface area contributed by atoms with E-state index in [1.165, 1.54) is 23.0 Å². The molecule has 2 aromatic heterocycles. The van der Waals surface area contributed by atoms with Crippen LogP contribution < -0.4 is 5.32 Å². The third-order valence-corrected chi connectivity index (χ3v) is 4.28. The van der Waals surface area contributed by atoms with Gasteiger partial charge in [-0.1, -0.05) is 12.1 Å². The van der Waals surface area contributed by atoms with E-state index in [0.717, 1.165) is 22.9 Å². The minimum atomic E-state index is -0.696. The number of thiazole rings is 1. The SMILES string of the molecule is Cc1ccc(-c2csc(NC(=O)c3ccc([N+](=O)[O-])o3)n2)cc1C. The van der Waals surface area contributed by atoms with Crippen molar-refractivity contribution in [1.29, 1.82) is 0 Å². The second-order valence-corrected chi connectivity index (χ2v) is 6.04. The quantitative estimate of drug-likeness (QED) is 0.566. The van der Waals surface area contributed by atoms with Crippen molar-refractivity contribution in [3.8, 4) is 11.3 Å². The molecule has 3 aromatic rings. The highest BCUT2D eigenvalue weighted by molar-refractivity contribution is 7.14. The second kappa shape index (κ2) is 6.25. The molecule has 2 heterocycles.